The molecule has 7 heteroatoms. The maximum absolute atomic E-state index is 11.9. The molecule has 3 rings (SSSR count). The molecule has 1 aliphatic heterocycles. The largest absolute Gasteiger partial charge is 0.460 e. The van der Waals surface area contributed by atoms with E-state index in [-0.39, 0.29) is 11.8 Å². The fourth-order valence-corrected chi connectivity index (χ4v) is 3.44. The molecule has 0 atom stereocenters. The lowest BCUT2D eigenvalue weighted by atomic mass is 10.1. The molecule has 0 amide bonds. The van der Waals surface area contributed by atoms with Crippen LogP contribution in [0.25, 0.3) is 0 Å². The van der Waals surface area contributed by atoms with E-state index in [4.69, 9.17) is 15.9 Å². The van der Waals surface area contributed by atoms with Gasteiger partial charge in [0.15, 0.2) is 0 Å². The first-order valence-electron chi connectivity index (χ1n) is 10.3. The summed E-state index contributed by atoms with van der Waals surface area (Å²) < 4.78 is 5.37. The van der Waals surface area contributed by atoms with E-state index in [0.29, 0.717) is 18.4 Å². The zero-order chi connectivity index (χ0) is 21.7. The van der Waals surface area contributed by atoms with E-state index in [1.807, 2.05) is 32.9 Å². The lowest BCUT2D eigenvalue weighted by Crippen LogP contribution is -2.46. The first kappa shape index (κ1) is 21.6. The van der Waals surface area contributed by atoms with Gasteiger partial charge in [-0.3, -0.25) is 10.2 Å². The molecule has 0 aliphatic carbocycles. The molecular formula is C23H31N5O2. The summed E-state index contributed by atoms with van der Waals surface area (Å²) in [6, 6.07) is 12.2. The number of nitrogens with zero attached hydrogens (tertiary/aromatic N) is 3. The smallest absolute Gasteiger partial charge is 0.306 e. The highest BCUT2D eigenvalue weighted by atomic mass is 16.6. The molecule has 30 heavy (non-hydrogen) atoms. The molecule has 160 valence electrons. The van der Waals surface area contributed by atoms with Gasteiger partial charge in [-0.05, 0) is 57.0 Å². The van der Waals surface area contributed by atoms with E-state index in [2.05, 4.69) is 39.0 Å². The number of nitrogen functional groups attached to an aromatic ring is 1. The molecule has 1 saturated heterocycles. The number of ether oxygens (including phenoxy) is 1. The van der Waals surface area contributed by atoms with E-state index in [9.17, 15) is 4.79 Å². The van der Waals surface area contributed by atoms with Gasteiger partial charge in [-0.15, -0.1) is 0 Å². The highest BCUT2D eigenvalue weighted by Crippen LogP contribution is 2.21. The van der Waals surface area contributed by atoms with Crippen LogP contribution in [0.5, 0.6) is 0 Å². The highest BCUT2D eigenvalue weighted by molar-refractivity contribution is 5.94. The minimum atomic E-state index is -0.436. The van der Waals surface area contributed by atoms with Crippen LogP contribution in [-0.2, 0) is 16.0 Å². The van der Waals surface area contributed by atoms with Crippen LogP contribution in [0.3, 0.4) is 0 Å². The molecule has 2 heterocycles. The van der Waals surface area contributed by atoms with Gasteiger partial charge in [0.2, 0.25) is 0 Å². The summed E-state index contributed by atoms with van der Waals surface area (Å²) in [6.45, 7) is 9.24. The van der Waals surface area contributed by atoms with Gasteiger partial charge in [-0.25, -0.2) is 4.98 Å². The number of hydrogen-bond donors (Lipinski definition) is 2. The van der Waals surface area contributed by atoms with Crippen molar-refractivity contribution >= 4 is 23.3 Å². The van der Waals surface area contributed by atoms with Crippen molar-refractivity contribution in [3.8, 4) is 0 Å². The first-order valence-corrected chi connectivity index (χ1v) is 10.3. The van der Waals surface area contributed by atoms with Crippen LogP contribution in [-0.4, -0.2) is 48.6 Å². The Balaban J connectivity index is 1.50. The summed E-state index contributed by atoms with van der Waals surface area (Å²) in [5.41, 5.74) is 8.03. The number of rotatable bonds is 6. The second-order valence-electron chi connectivity index (χ2n) is 8.55. The second-order valence-corrected chi connectivity index (χ2v) is 8.55. The summed E-state index contributed by atoms with van der Waals surface area (Å²) in [4.78, 5) is 20.9. The van der Waals surface area contributed by atoms with Crippen LogP contribution < -0.4 is 15.5 Å². The second kappa shape index (κ2) is 9.15. The molecule has 1 aromatic heterocycles. The van der Waals surface area contributed by atoms with Gasteiger partial charge in [-0.1, -0.05) is 12.1 Å². The molecule has 0 unspecified atom stereocenters. The van der Waals surface area contributed by atoms with Crippen LogP contribution in [0.4, 0.5) is 11.5 Å². The number of amidine groups is 1. The van der Waals surface area contributed by atoms with E-state index in [0.717, 1.165) is 37.6 Å². The normalized spacial score (nSPS) is 14.5. The number of aryl methyl sites for hydroxylation is 1. The predicted octanol–water partition coefficient (Wildman–Crippen LogP) is 2.97. The van der Waals surface area contributed by atoms with Crippen molar-refractivity contribution in [2.24, 2.45) is 5.73 Å². The first-order chi connectivity index (χ1) is 14.2. The van der Waals surface area contributed by atoms with Crippen LogP contribution in [0, 0.1) is 5.41 Å². The number of benzene rings is 1. The molecule has 1 aromatic carbocycles. The van der Waals surface area contributed by atoms with Gasteiger partial charge in [0.25, 0.3) is 0 Å². The van der Waals surface area contributed by atoms with Gasteiger partial charge < -0.3 is 20.3 Å². The number of pyridine rings is 1. The average molecular weight is 410 g/mol. The fourth-order valence-electron chi connectivity index (χ4n) is 3.44. The Morgan fingerprint density at radius 2 is 1.70 bits per heavy atom. The number of aromatic nitrogens is 1. The van der Waals surface area contributed by atoms with E-state index >= 15 is 0 Å². The lowest BCUT2D eigenvalue weighted by Gasteiger charge is -2.36. The molecule has 2 aromatic rings. The number of nitrogens with one attached hydrogen (secondary N) is 1. The minimum absolute atomic E-state index is 0.0356. The van der Waals surface area contributed by atoms with Crippen molar-refractivity contribution in [3.05, 3.63) is 53.7 Å². The lowest BCUT2D eigenvalue weighted by molar-refractivity contribution is -0.154. The molecule has 0 spiro atoms. The molecule has 0 radical (unpaired) electrons. The number of esters is 1. The Morgan fingerprint density at radius 1 is 1.07 bits per heavy atom. The van der Waals surface area contributed by atoms with Crippen molar-refractivity contribution in [2.45, 2.75) is 39.2 Å². The third-order valence-electron chi connectivity index (χ3n) is 5.00. The number of nitrogens with two attached hydrogens (primary N) is 1. The van der Waals surface area contributed by atoms with Crippen molar-refractivity contribution in [3.63, 3.8) is 0 Å². The Morgan fingerprint density at radius 3 is 2.23 bits per heavy atom. The zero-order valence-electron chi connectivity index (χ0n) is 18.0. The molecular weight excluding hydrogens is 378 g/mol. The minimum Gasteiger partial charge on any atom is -0.460 e. The van der Waals surface area contributed by atoms with E-state index in [1.54, 1.807) is 6.20 Å². The predicted molar refractivity (Wildman–Crippen MR) is 120 cm³/mol. The molecule has 0 saturated carbocycles. The number of carbonyl (C=O) groups is 1. The summed E-state index contributed by atoms with van der Waals surface area (Å²) in [5.74, 6) is 0.790. The molecule has 1 aliphatic rings. The van der Waals surface area contributed by atoms with Crippen LogP contribution >= 0.6 is 0 Å². The molecule has 1 fully saturated rings. The van der Waals surface area contributed by atoms with Gasteiger partial charge in [-0.2, -0.15) is 0 Å². The van der Waals surface area contributed by atoms with Gasteiger partial charge in [0.05, 0.1) is 0 Å². The molecule has 0 bridgehead atoms. The SMILES string of the molecule is CC(C)(C)OC(=O)CCc1ccc(N2CCN(c3ccc(C(=N)N)cn3)CC2)cc1. The Bertz CT molecular complexity index is 864. The number of hydrogen-bond acceptors (Lipinski definition) is 6. The standard InChI is InChI=1S/C23H31N5O2/c1-23(2,3)30-21(29)11-6-17-4-8-19(9-5-17)27-12-14-28(15-13-27)20-10-7-18(16-26-20)22(24)25/h4-5,7-10,16H,6,11-15H2,1-3H3,(H3,24,25). The van der Waals surface area contributed by atoms with Crippen molar-refractivity contribution in [1.82, 2.24) is 4.98 Å². The average Bonchev–Trinajstić information content (AvgIpc) is 2.72. The Labute approximate surface area is 178 Å². The highest BCUT2D eigenvalue weighted by Gasteiger charge is 2.19. The van der Waals surface area contributed by atoms with E-state index in [1.165, 1.54) is 5.69 Å². The van der Waals surface area contributed by atoms with Crippen LogP contribution in [0.15, 0.2) is 42.6 Å². The summed E-state index contributed by atoms with van der Waals surface area (Å²) in [5, 5.41) is 7.46. The molecule has 7 nitrogen and oxygen atoms in total. The maximum Gasteiger partial charge on any atom is 0.306 e. The van der Waals surface area contributed by atoms with Crippen molar-refractivity contribution in [2.75, 3.05) is 36.0 Å². The summed E-state index contributed by atoms with van der Waals surface area (Å²) >= 11 is 0. The Hall–Kier alpha value is -3.09. The van der Waals surface area contributed by atoms with Gasteiger partial charge >= 0.3 is 5.97 Å². The van der Waals surface area contributed by atoms with Crippen molar-refractivity contribution in [1.29, 1.82) is 5.41 Å². The quantitative estimate of drug-likeness (QED) is 0.433. The third-order valence-corrected chi connectivity index (χ3v) is 5.00. The van der Waals surface area contributed by atoms with Crippen LogP contribution in [0.2, 0.25) is 0 Å². The van der Waals surface area contributed by atoms with Gasteiger partial charge in [0.1, 0.15) is 17.3 Å². The molecule has 3 N–H and O–H groups in total. The van der Waals surface area contributed by atoms with Crippen LogP contribution in [0.1, 0.15) is 38.3 Å². The zero-order valence-corrected chi connectivity index (χ0v) is 18.0. The van der Waals surface area contributed by atoms with E-state index < -0.39 is 5.60 Å². The topological polar surface area (TPSA) is 95.5 Å². The number of piperazine rings is 1. The number of anilines is 2. The third kappa shape index (κ3) is 5.95. The monoisotopic (exact) mass is 409 g/mol. The van der Waals surface area contributed by atoms with Crippen molar-refractivity contribution < 1.29 is 9.53 Å². The fraction of sp³-hybridized carbons (Fsp3) is 0.435. The summed E-state index contributed by atoms with van der Waals surface area (Å²) in [6.07, 6.45) is 2.73. The maximum atomic E-state index is 11.9. The van der Waals surface area contributed by atoms with Gasteiger partial charge in [0, 0.05) is 50.0 Å². The number of carbonyl (C=O) groups excluding carboxylic acids is 1. The summed E-state index contributed by atoms with van der Waals surface area (Å²) in [7, 11) is 0. The Kier molecular flexibility index (Phi) is 6.59.